The molecule has 4 N–H and O–H groups in total. The SMILES string of the molecule is COc1ccc(Nc2ncc(N)cc2C(=O)O)c(OC)c1. The molecule has 0 aliphatic rings. The molecule has 0 amide bonds. The number of ether oxygens (including phenoxy) is 2. The van der Waals surface area contributed by atoms with Crippen molar-refractivity contribution in [2.75, 3.05) is 25.3 Å². The van der Waals surface area contributed by atoms with Crippen molar-refractivity contribution in [3.8, 4) is 11.5 Å². The smallest absolute Gasteiger partial charge is 0.339 e. The van der Waals surface area contributed by atoms with Gasteiger partial charge in [-0.1, -0.05) is 0 Å². The van der Waals surface area contributed by atoms with Gasteiger partial charge in [0, 0.05) is 6.07 Å². The first kappa shape index (κ1) is 14.4. The Labute approximate surface area is 121 Å². The molecule has 0 aliphatic heterocycles. The summed E-state index contributed by atoms with van der Waals surface area (Å²) in [6.45, 7) is 0. The predicted octanol–water partition coefficient (Wildman–Crippen LogP) is 2.12. The minimum absolute atomic E-state index is 0.0205. The molecular formula is C14H15N3O4. The predicted molar refractivity (Wildman–Crippen MR) is 78.4 cm³/mol. The highest BCUT2D eigenvalue weighted by Gasteiger charge is 2.14. The number of nitrogen functional groups attached to an aromatic ring is 1. The Bertz CT molecular complexity index is 673. The zero-order chi connectivity index (χ0) is 15.4. The number of aromatic nitrogens is 1. The molecule has 7 nitrogen and oxygen atoms in total. The van der Waals surface area contributed by atoms with E-state index in [9.17, 15) is 9.90 Å². The van der Waals surface area contributed by atoms with Crippen molar-refractivity contribution in [2.45, 2.75) is 0 Å². The minimum Gasteiger partial charge on any atom is -0.497 e. The zero-order valence-corrected chi connectivity index (χ0v) is 11.6. The number of carboxylic acids is 1. The molecule has 21 heavy (non-hydrogen) atoms. The van der Waals surface area contributed by atoms with Crippen molar-refractivity contribution in [1.29, 1.82) is 0 Å². The molecule has 0 unspecified atom stereocenters. The van der Waals surface area contributed by atoms with E-state index in [1.807, 2.05) is 0 Å². The number of carbonyl (C=O) groups is 1. The molecule has 110 valence electrons. The Balaban J connectivity index is 2.40. The van der Waals surface area contributed by atoms with Gasteiger partial charge >= 0.3 is 5.97 Å². The van der Waals surface area contributed by atoms with E-state index in [2.05, 4.69) is 10.3 Å². The number of benzene rings is 1. The molecule has 1 heterocycles. The van der Waals surface area contributed by atoms with Crippen molar-refractivity contribution in [3.05, 3.63) is 36.0 Å². The average Bonchev–Trinajstić information content (AvgIpc) is 2.49. The van der Waals surface area contributed by atoms with Crippen LogP contribution in [0.25, 0.3) is 0 Å². The highest BCUT2D eigenvalue weighted by Crippen LogP contribution is 2.32. The molecule has 0 saturated carbocycles. The second-order valence-corrected chi connectivity index (χ2v) is 4.16. The molecule has 1 aromatic heterocycles. The van der Waals surface area contributed by atoms with Gasteiger partial charge in [0.15, 0.2) is 0 Å². The monoisotopic (exact) mass is 289 g/mol. The molecule has 0 bridgehead atoms. The van der Waals surface area contributed by atoms with Gasteiger partial charge in [-0.25, -0.2) is 9.78 Å². The second-order valence-electron chi connectivity index (χ2n) is 4.16. The van der Waals surface area contributed by atoms with Gasteiger partial charge in [-0.2, -0.15) is 0 Å². The van der Waals surface area contributed by atoms with Gasteiger partial charge in [0.2, 0.25) is 0 Å². The molecule has 0 atom stereocenters. The van der Waals surface area contributed by atoms with Crippen LogP contribution in [0.5, 0.6) is 11.5 Å². The molecule has 0 saturated heterocycles. The van der Waals surface area contributed by atoms with Crippen LogP contribution in [-0.2, 0) is 0 Å². The van der Waals surface area contributed by atoms with Crippen LogP contribution in [-0.4, -0.2) is 30.3 Å². The third-order valence-corrected chi connectivity index (χ3v) is 2.80. The average molecular weight is 289 g/mol. The van der Waals surface area contributed by atoms with Crippen LogP contribution >= 0.6 is 0 Å². The molecular weight excluding hydrogens is 274 g/mol. The van der Waals surface area contributed by atoms with Gasteiger partial charge in [-0.05, 0) is 18.2 Å². The fourth-order valence-electron chi connectivity index (χ4n) is 1.77. The molecule has 2 rings (SSSR count). The van der Waals surface area contributed by atoms with E-state index < -0.39 is 5.97 Å². The Morgan fingerprint density at radius 1 is 1.29 bits per heavy atom. The Kier molecular flexibility index (Phi) is 4.13. The lowest BCUT2D eigenvalue weighted by Crippen LogP contribution is -2.06. The number of nitrogens with one attached hydrogen (secondary N) is 1. The summed E-state index contributed by atoms with van der Waals surface area (Å²) in [6.07, 6.45) is 1.38. The number of hydrogen-bond donors (Lipinski definition) is 3. The van der Waals surface area contributed by atoms with Crippen molar-refractivity contribution in [3.63, 3.8) is 0 Å². The maximum atomic E-state index is 11.2. The number of aromatic carboxylic acids is 1. The van der Waals surface area contributed by atoms with E-state index in [1.54, 1.807) is 25.3 Å². The third-order valence-electron chi connectivity index (χ3n) is 2.80. The second kappa shape index (κ2) is 6.00. The highest BCUT2D eigenvalue weighted by molar-refractivity contribution is 5.95. The summed E-state index contributed by atoms with van der Waals surface area (Å²) in [7, 11) is 3.06. The van der Waals surface area contributed by atoms with Crippen molar-refractivity contribution in [1.82, 2.24) is 4.98 Å². The number of rotatable bonds is 5. The van der Waals surface area contributed by atoms with E-state index in [4.69, 9.17) is 15.2 Å². The largest absolute Gasteiger partial charge is 0.497 e. The van der Waals surface area contributed by atoms with Crippen LogP contribution in [0.3, 0.4) is 0 Å². The summed E-state index contributed by atoms with van der Waals surface area (Å²) in [4.78, 5) is 15.2. The first-order chi connectivity index (χ1) is 10.0. The van der Waals surface area contributed by atoms with E-state index in [-0.39, 0.29) is 17.1 Å². The maximum Gasteiger partial charge on any atom is 0.339 e. The molecule has 0 fully saturated rings. The molecule has 7 heteroatoms. The lowest BCUT2D eigenvalue weighted by molar-refractivity contribution is 0.0697. The molecule has 1 aromatic carbocycles. The highest BCUT2D eigenvalue weighted by atomic mass is 16.5. The fourth-order valence-corrected chi connectivity index (χ4v) is 1.77. The quantitative estimate of drug-likeness (QED) is 0.773. The van der Waals surface area contributed by atoms with E-state index in [1.165, 1.54) is 19.4 Å². The van der Waals surface area contributed by atoms with E-state index in [0.29, 0.717) is 17.2 Å². The first-order valence-corrected chi connectivity index (χ1v) is 6.03. The van der Waals surface area contributed by atoms with Gasteiger partial charge in [-0.15, -0.1) is 0 Å². The Hall–Kier alpha value is -2.96. The van der Waals surface area contributed by atoms with Crippen LogP contribution in [0.4, 0.5) is 17.2 Å². The van der Waals surface area contributed by atoms with Crippen LogP contribution in [0.15, 0.2) is 30.5 Å². The number of hydrogen-bond acceptors (Lipinski definition) is 6. The van der Waals surface area contributed by atoms with Gasteiger partial charge < -0.3 is 25.6 Å². The zero-order valence-electron chi connectivity index (χ0n) is 11.6. The standard InChI is InChI=1S/C14H15N3O4/c1-20-9-3-4-11(12(6-9)21-2)17-13-10(14(18)19)5-8(15)7-16-13/h3-7H,15H2,1-2H3,(H,16,17)(H,18,19). The van der Waals surface area contributed by atoms with Crippen LogP contribution in [0, 0.1) is 0 Å². The van der Waals surface area contributed by atoms with E-state index in [0.717, 1.165) is 0 Å². The summed E-state index contributed by atoms with van der Waals surface area (Å²) in [5.41, 5.74) is 6.38. The lowest BCUT2D eigenvalue weighted by atomic mass is 10.2. The Morgan fingerprint density at radius 3 is 2.67 bits per heavy atom. The molecule has 0 spiro atoms. The van der Waals surface area contributed by atoms with Gasteiger partial charge in [0.1, 0.15) is 22.9 Å². The van der Waals surface area contributed by atoms with Gasteiger partial charge in [0.25, 0.3) is 0 Å². The number of carboxylic acid groups (broad SMARTS) is 1. The number of methoxy groups -OCH3 is 2. The summed E-state index contributed by atoms with van der Waals surface area (Å²) in [6, 6.07) is 6.46. The third kappa shape index (κ3) is 3.14. The Morgan fingerprint density at radius 2 is 2.05 bits per heavy atom. The fraction of sp³-hybridized carbons (Fsp3) is 0.143. The van der Waals surface area contributed by atoms with Crippen LogP contribution < -0.4 is 20.5 Å². The maximum absolute atomic E-state index is 11.2. The van der Waals surface area contributed by atoms with E-state index >= 15 is 0 Å². The topological polar surface area (TPSA) is 107 Å². The first-order valence-electron chi connectivity index (χ1n) is 6.03. The number of nitrogens with zero attached hydrogens (tertiary/aromatic N) is 1. The number of nitrogens with two attached hydrogens (primary N) is 1. The lowest BCUT2D eigenvalue weighted by Gasteiger charge is -2.13. The summed E-state index contributed by atoms with van der Waals surface area (Å²) in [5, 5.41) is 12.1. The van der Waals surface area contributed by atoms with Crippen molar-refractivity contribution < 1.29 is 19.4 Å². The van der Waals surface area contributed by atoms with Crippen LogP contribution in [0.2, 0.25) is 0 Å². The van der Waals surface area contributed by atoms with Crippen LogP contribution in [0.1, 0.15) is 10.4 Å². The van der Waals surface area contributed by atoms with Gasteiger partial charge in [0.05, 0.1) is 31.8 Å². The molecule has 0 aliphatic carbocycles. The molecule has 0 radical (unpaired) electrons. The van der Waals surface area contributed by atoms with Crippen molar-refractivity contribution in [2.24, 2.45) is 0 Å². The number of anilines is 3. The molecule has 2 aromatic rings. The normalized spacial score (nSPS) is 10.0. The minimum atomic E-state index is -1.12. The summed E-state index contributed by atoms with van der Waals surface area (Å²) >= 11 is 0. The summed E-state index contributed by atoms with van der Waals surface area (Å²) in [5.74, 6) is 0.190. The van der Waals surface area contributed by atoms with Gasteiger partial charge in [-0.3, -0.25) is 0 Å². The summed E-state index contributed by atoms with van der Waals surface area (Å²) < 4.78 is 10.3. The number of pyridine rings is 1. The van der Waals surface area contributed by atoms with Crippen molar-refractivity contribution >= 4 is 23.2 Å².